The third-order valence-corrected chi connectivity index (χ3v) is 7.61. The van der Waals surface area contributed by atoms with Crippen molar-refractivity contribution in [1.82, 2.24) is 0 Å². The van der Waals surface area contributed by atoms with Gasteiger partial charge in [-0.25, -0.2) is 4.39 Å². The quantitative estimate of drug-likeness (QED) is 0.542. The second-order valence-corrected chi connectivity index (χ2v) is 9.15. The molecule has 4 aliphatic rings. The summed E-state index contributed by atoms with van der Waals surface area (Å²) in [5.74, 6) is -0.362. The summed E-state index contributed by atoms with van der Waals surface area (Å²) >= 11 is 0. The van der Waals surface area contributed by atoms with Crippen molar-refractivity contribution in [3.8, 4) is 0 Å². The van der Waals surface area contributed by atoms with Crippen LogP contribution in [0.15, 0.2) is 34.9 Å². The van der Waals surface area contributed by atoms with E-state index in [0.717, 1.165) is 18.4 Å². The van der Waals surface area contributed by atoms with E-state index in [0.29, 0.717) is 24.8 Å². The van der Waals surface area contributed by atoms with Gasteiger partial charge in [0.25, 0.3) is 0 Å². The van der Waals surface area contributed by atoms with Crippen molar-refractivity contribution in [2.24, 2.45) is 22.7 Å². The number of fused-ring (bicyclic) bond motifs is 5. The molecule has 0 aromatic heterocycles. The number of ether oxygens (including phenoxy) is 1. The van der Waals surface area contributed by atoms with Gasteiger partial charge in [0.1, 0.15) is 6.17 Å². The van der Waals surface area contributed by atoms with Crippen molar-refractivity contribution in [1.29, 1.82) is 0 Å². The molecule has 1 fully saturated rings. The minimum atomic E-state index is -1.11. The highest BCUT2D eigenvalue weighted by atomic mass is 19.1. The van der Waals surface area contributed by atoms with Crippen molar-refractivity contribution in [3.05, 3.63) is 34.9 Å². The minimum Gasteiger partial charge on any atom is -0.457 e. The summed E-state index contributed by atoms with van der Waals surface area (Å²) in [5, 5.41) is 0. The van der Waals surface area contributed by atoms with E-state index in [1.165, 1.54) is 12.5 Å². The summed E-state index contributed by atoms with van der Waals surface area (Å²) in [4.78, 5) is 35.6. The maximum atomic E-state index is 15.2. The lowest BCUT2D eigenvalue weighted by Gasteiger charge is -2.53. The summed E-state index contributed by atoms with van der Waals surface area (Å²) in [6, 6.07) is 0. The number of halogens is 1. The number of carbonyl (C=O) groups excluding carboxylic acids is 3. The Hall–Kier alpha value is -2.04. The number of rotatable bonds is 3. The van der Waals surface area contributed by atoms with E-state index in [-0.39, 0.29) is 40.8 Å². The molecule has 0 N–H and O–H groups in total. The molecule has 4 rings (SSSR count). The Morgan fingerprint density at radius 1 is 1.25 bits per heavy atom. The number of ketones is 2. The molecule has 0 bridgehead atoms. The van der Waals surface area contributed by atoms with Crippen LogP contribution in [0.5, 0.6) is 0 Å². The average Bonchev–Trinajstić information content (AvgIpc) is 2.99. The molecule has 4 aliphatic carbocycles. The number of Topliss-reactive ketones (excluding diaryl/α,β-unsaturated/α-hetero) is 1. The Bertz CT molecular complexity index is 851. The molecule has 0 saturated heterocycles. The summed E-state index contributed by atoms with van der Waals surface area (Å²) < 4.78 is 20.1. The Morgan fingerprint density at radius 3 is 2.71 bits per heavy atom. The summed E-state index contributed by atoms with van der Waals surface area (Å²) in [5.41, 5.74) is 1.88. The van der Waals surface area contributed by atoms with Crippen LogP contribution in [-0.2, 0) is 19.1 Å². The molecule has 5 heteroatoms. The van der Waals surface area contributed by atoms with E-state index >= 15 is 4.39 Å². The Kier molecular flexibility index (Phi) is 4.48. The van der Waals surface area contributed by atoms with Crippen LogP contribution in [-0.4, -0.2) is 30.3 Å². The van der Waals surface area contributed by atoms with Crippen molar-refractivity contribution in [2.45, 2.75) is 59.0 Å². The van der Waals surface area contributed by atoms with Crippen LogP contribution in [0, 0.1) is 22.7 Å². The molecule has 0 aromatic rings. The summed E-state index contributed by atoms with van der Waals surface area (Å²) in [6.07, 6.45) is 7.56. The van der Waals surface area contributed by atoms with E-state index in [1.54, 1.807) is 6.08 Å². The second kappa shape index (κ2) is 6.50. The number of allylic oxidation sites excluding steroid dienone is 5. The lowest BCUT2D eigenvalue weighted by atomic mass is 9.50. The van der Waals surface area contributed by atoms with E-state index in [2.05, 4.69) is 19.9 Å². The first-order valence-corrected chi connectivity index (χ1v) is 10.1. The van der Waals surface area contributed by atoms with Gasteiger partial charge in [-0.1, -0.05) is 31.6 Å². The van der Waals surface area contributed by atoms with Gasteiger partial charge in [-0.3, -0.25) is 14.4 Å². The lowest BCUT2D eigenvalue weighted by Crippen LogP contribution is -2.47. The molecule has 1 unspecified atom stereocenters. The van der Waals surface area contributed by atoms with Gasteiger partial charge in [-0.15, -0.1) is 0 Å². The smallest absolute Gasteiger partial charge is 0.303 e. The molecule has 1 saturated carbocycles. The molecular weight excluding hydrogens is 359 g/mol. The number of esters is 1. The fourth-order valence-corrected chi connectivity index (χ4v) is 6.12. The van der Waals surface area contributed by atoms with Gasteiger partial charge in [0.2, 0.25) is 0 Å². The number of alkyl halides is 1. The monoisotopic (exact) mass is 386 g/mol. The average molecular weight is 386 g/mol. The fraction of sp³-hybridized carbons (Fsp3) is 0.609. The number of carbonyl (C=O) groups is 3. The topological polar surface area (TPSA) is 60.4 Å². The number of hydrogen-bond donors (Lipinski definition) is 0. The summed E-state index contributed by atoms with van der Waals surface area (Å²) in [7, 11) is 0. The molecule has 0 radical (unpaired) electrons. The van der Waals surface area contributed by atoms with E-state index in [4.69, 9.17) is 4.74 Å². The molecule has 0 aliphatic heterocycles. The molecule has 150 valence electrons. The van der Waals surface area contributed by atoms with Crippen LogP contribution < -0.4 is 0 Å². The predicted octanol–water partition coefficient (Wildman–Crippen LogP) is 4.05. The van der Waals surface area contributed by atoms with Crippen LogP contribution in [0.2, 0.25) is 0 Å². The van der Waals surface area contributed by atoms with Crippen LogP contribution in [0.4, 0.5) is 4.39 Å². The fourth-order valence-electron chi connectivity index (χ4n) is 6.12. The van der Waals surface area contributed by atoms with Gasteiger partial charge in [-0.05, 0) is 49.2 Å². The highest BCUT2D eigenvalue weighted by Gasteiger charge is 2.56. The molecule has 0 aromatic carbocycles. The molecule has 28 heavy (non-hydrogen) atoms. The Morgan fingerprint density at radius 2 is 2.00 bits per heavy atom. The zero-order valence-corrected chi connectivity index (χ0v) is 16.7. The summed E-state index contributed by atoms with van der Waals surface area (Å²) in [6.45, 7) is 5.22. The Labute approximate surface area is 164 Å². The first kappa shape index (κ1) is 19.3. The SMILES string of the molecule is CC(=O)OCC(=O)C1=CC[C@H]2[C@@H]3CC(F)C4=CC(=O)CC[C@]4(C)C3=CC[C@]12C. The standard InChI is InChI=1S/C23H27FO4/c1-13(25)28-12-21(27)18-5-4-16-15-11-20(24)19-10-14(26)6-8-23(19,3)17(15)7-9-22(16,18)2/h5,7,10,15-16,20H,4,6,8-9,11-12H2,1-3H3/t15-,16-,20?,22-,23+/m0/s1. The normalized spacial score (nSPS) is 39.1. The van der Waals surface area contributed by atoms with E-state index in [1.807, 2.05) is 6.08 Å². The maximum absolute atomic E-state index is 15.2. The minimum absolute atomic E-state index is 0.0238. The lowest BCUT2D eigenvalue weighted by molar-refractivity contribution is -0.145. The van der Waals surface area contributed by atoms with Gasteiger partial charge >= 0.3 is 5.97 Å². The zero-order chi connectivity index (χ0) is 20.3. The first-order chi connectivity index (χ1) is 13.2. The van der Waals surface area contributed by atoms with Crippen LogP contribution in [0.25, 0.3) is 0 Å². The van der Waals surface area contributed by atoms with Gasteiger partial charge in [0, 0.05) is 29.7 Å². The number of hydrogen-bond acceptors (Lipinski definition) is 4. The first-order valence-electron chi connectivity index (χ1n) is 10.1. The largest absolute Gasteiger partial charge is 0.457 e. The predicted molar refractivity (Wildman–Crippen MR) is 102 cm³/mol. The maximum Gasteiger partial charge on any atom is 0.303 e. The van der Waals surface area contributed by atoms with Crippen molar-refractivity contribution >= 4 is 17.5 Å². The third kappa shape index (κ3) is 2.73. The van der Waals surface area contributed by atoms with Gasteiger partial charge < -0.3 is 4.74 Å². The zero-order valence-electron chi connectivity index (χ0n) is 16.7. The highest BCUT2D eigenvalue weighted by molar-refractivity contribution is 5.99. The van der Waals surface area contributed by atoms with E-state index in [9.17, 15) is 14.4 Å². The molecular formula is C23H27FO4. The Balaban J connectivity index is 1.66. The highest BCUT2D eigenvalue weighted by Crippen LogP contribution is 2.63. The molecule has 4 nitrogen and oxygen atoms in total. The van der Waals surface area contributed by atoms with Crippen molar-refractivity contribution < 1.29 is 23.5 Å². The van der Waals surface area contributed by atoms with Crippen molar-refractivity contribution in [3.63, 3.8) is 0 Å². The molecule has 5 atom stereocenters. The van der Waals surface area contributed by atoms with Gasteiger partial charge in [0.05, 0.1) is 0 Å². The van der Waals surface area contributed by atoms with Gasteiger partial charge in [-0.2, -0.15) is 0 Å². The molecule has 0 amide bonds. The molecule has 0 spiro atoms. The van der Waals surface area contributed by atoms with Crippen LogP contribution >= 0.6 is 0 Å². The molecule has 0 heterocycles. The van der Waals surface area contributed by atoms with Gasteiger partial charge in [0.15, 0.2) is 18.2 Å². The second-order valence-electron chi connectivity index (χ2n) is 9.15. The van der Waals surface area contributed by atoms with Crippen LogP contribution in [0.3, 0.4) is 0 Å². The van der Waals surface area contributed by atoms with Crippen LogP contribution in [0.1, 0.15) is 52.9 Å². The van der Waals surface area contributed by atoms with Crippen molar-refractivity contribution in [2.75, 3.05) is 6.61 Å². The van der Waals surface area contributed by atoms with E-state index < -0.39 is 12.1 Å². The third-order valence-electron chi connectivity index (χ3n) is 7.61.